The SMILES string of the molecule is CC(=O)NCc1ccc(-c2cnc(C3CN(C(C)C)C3)s2)cc1C1CNC1. The Morgan fingerprint density at radius 1 is 1.33 bits per heavy atom. The first kappa shape index (κ1) is 18.6. The highest BCUT2D eigenvalue weighted by molar-refractivity contribution is 7.15. The molecule has 4 rings (SSSR count). The summed E-state index contributed by atoms with van der Waals surface area (Å²) in [5, 5.41) is 7.56. The molecule has 2 aliphatic heterocycles. The van der Waals surface area contributed by atoms with E-state index in [-0.39, 0.29) is 5.91 Å². The van der Waals surface area contributed by atoms with Crippen LogP contribution < -0.4 is 10.6 Å². The van der Waals surface area contributed by atoms with E-state index in [4.69, 9.17) is 4.98 Å². The predicted molar refractivity (Wildman–Crippen MR) is 110 cm³/mol. The minimum atomic E-state index is 0.0137. The minimum Gasteiger partial charge on any atom is -0.352 e. The molecule has 2 saturated heterocycles. The molecular formula is C21H28N4OS. The lowest BCUT2D eigenvalue weighted by atomic mass is 9.88. The Kier molecular flexibility index (Phi) is 5.30. The van der Waals surface area contributed by atoms with E-state index in [0.29, 0.717) is 24.4 Å². The van der Waals surface area contributed by atoms with Crippen LogP contribution in [-0.4, -0.2) is 48.0 Å². The molecule has 0 saturated carbocycles. The number of nitrogens with zero attached hydrogens (tertiary/aromatic N) is 2. The number of carbonyl (C=O) groups excluding carboxylic acids is 1. The molecule has 0 radical (unpaired) electrons. The van der Waals surface area contributed by atoms with Crippen molar-refractivity contribution in [2.45, 2.75) is 45.2 Å². The van der Waals surface area contributed by atoms with Gasteiger partial charge < -0.3 is 10.6 Å². The fourth-order valence-electron chi connectivity index (χ4n) is 3.72. The van der Waals surface area contributed by atoms with E-state index in [2.05, 4.69) is 47.6 Å². The van der Waals surface area contributed by atoms with E-state index in [1.54, 1.807) is 6.92 Å². The van der Waals surface area contributed by atoms with Crippen LogP contribution >= 0.6 is 11.3 Å². The normalized spacial score (nSPS) is 18.4. The highest BCUT2D eigenvalue weighted by atomic mass is 32.1. The monoisotopic (exact) mass is 384 g/mol. The van der Waals surface area contributed by atoms with E-state index in [1.165, 1.54) is 26.6 Å². The van der Waals surface area contributed by atoms with Crippen molar-refractivity contribution in [2.24, 2.45) is 0 Å². The van der Waals surface area contributed by atoms with Gasteiger partial charge in [0.2, 0.25) is 5.91 Å². The fraction of sp³-hybridized carbons (Fsp3) is 0.524. The van der Waals surface area contributed by atoms with E-state index >= 15 is 0 Å². The molecule has 0 bridgehead atoms. The molecule has 3 heterocycles. The summed E-state index contributed by atoms with van der Waals surface area (Å²) in [4.78, 5) is 19.8. The average molecular weight is 385 g/mol. The van der Waals surface area contributed by atoms with Crippen LogP contribution in [0.1, 0.15) is 48.7 Å². The third kappa shape index (κ3) is 3.93. The number of nitrogens with one attached hydrogen (secondary N) is 2. The fourth-order valence-corrected chi connectivity index (χ4v) is 4.71. The van der Waals surface area contributed by atoms with Gasteiger partial charge in [-0.1, -0.05) is 12.1 Å². The smallest absolute Gasteiger partial charge is 0.217 e. The van der Waals surface area contributed by atoms with Crippen LogP contribution in [-0.2, 0) is 11.3 Å². The first-order chi connectivity index (χ1) is 13.0. The Balaban J connectivity index is 1.53. The molecule has 0 aliphatic carbocycles. The van der Waals surface area contributed by atoms with Crippen LogP contribution in [0.15, 0.2) is 24.4 Å². The van der Waals surface area contributed by atoms with E-state index in [9.17, 15) is 4.79 Å². The third-order valence-electron chi connectivity index (χ3n) is 5.69. The van der Waals surface area contributed by atoms with E-state index in [1.807, 2.05) is 17.5 Å². The van der Waals surface area contributed by atoms with Crippen LogP contribution in [0, 0.1) is 0 Å². The molecule has 1 amide bonds. The third-order valence-corrected chi connectivity index (χ3v) is 6.90. The summed E-state index contributed by atoms with van der Waals surface area (Å²) in [5.74, 6) is 1.13. The lowest BCUT2D eigenvalue weighted by Crippen LogP contribution is -2.48. The second-order valence-electron chi connectivity index (χ2n) is 7.99. The van der Waals surface area contributed by atoms with Gasteiger partial charge in [0.25, 0.3) is 0 Å². The molecule has 27 heavy (non-hydrogen) atoms. The van der Waals surface area contributed by atoms with Gasteiger partial charge in [0.15, 0.2) is 0 Å². The summed E-state index contributed by atoms with van der Waals surface area (Å²) in [5.41, 5.74) is 3.81. The van der Waals surface area contributed by atoms with Crippen LogP contribution in [0.4, 0.5) is 0 Å². The van der Waals surface area contributed by atoms with Crippen molar-refractivity contribution in [3.63, 3.8) is 0 Å². The largest absolute Gasteiger partial charge is 0.352 e. The van der Waals surface area contributed by atoms with Crippen molar-refractivity contribution in [2.75, 3.05) is 26.2 Å². The van der Waals surface area contributed by atoms with E-state index < -0.39 is 0 Å². The zero-order valence-electron chi connectivity index (χ0n) is 16.3. The molecule has 2 fully saturated rings. The molecule has 0 unspecified atom stereocenters. The highest BCUT2D eigenvalue weighted by Crippen LogP contribution is 2.36. The number of hydrogen-bond acceptors (Lipinski definition) is 5. The molecule has 144 valence electrons. The second kappa shape index (κ2) is 7.70. The summed E-state index contributed by atoms with van der Waals surface area (Å²) in [6.07, 6.45) is 2.03. The number of aromatic nitrogens is 1. The summed E-state index contributed by atoms with van der Waals surface area (Å²) in [6.45, 7) is 10.9. The Labute approximate surface area is 165 Å². The van der Waals surface area contributed by atoms with Crippen LogP contribution in [0.25, 0.3) is 10.4 Å². The second-order valence-corrected chi connectivity index (χ2v) is 9.05. The lowest BCUT2D eigenvalue weighted by molar-refractivity contribution is -0.119. The minimum absolute atomic E-state index is 0.0137. The maximum Gasteiger partial charge on any atom is 0.217 e. The summed E-state index contributed by atoms with van der Waals surface area (Å²) in [7, 11) is 0. The van der Waals surface area contributed by atoms with Crippen molar-refractivity contribution < 1.29 is 4.79 Å². The van der Waals surface area contributed by atoms with E-state index in [0.717, 1.165) is 26.2 Å². The Hall–Kier alpha value is -1.76. The number of benzene rings is 1. The molecule has 1 aromatic heterocycles. The predicted octanol–water partition coefficient (Wildman–Crippen LogP) is 2.94. The van der Waals surface area contributed by atoms with Gasteiger partial charge in [-0.15, -0.1) is 11.3 Å². The van der Waals surface area contributed by atoms with Crippen molar-refractivity contribution in [1.29, 1.82) is 0 Å². The zero-order chi connectivity index (χ0) is 19.0. The van der Waals surface area contributed by atoms with Gasteiger partial charge in [0.05, 0.1) is 9.88 Å². The number of likely N-dealkylation sites (tertiary alicyclic amines) is 1. The van der Waals surface area contributed by atoms with Crippen LogP contribution in [0.2, 0.25) is 0 Å². The van der Waals surface area contributed by atoms with Gasteiger partial charge in [0, 0.05) is 63.7 Å². The van der Waals surface area contributed by atoms with Crippen LogP contribution in [0.5, 0.6) is 0 Å². The molecule has 0 spiro atoms. The van der Waals surface area contributed by atoms with Gasteiger partial charge in [-0.2, -0.15) is 0 Å². The Morgan fingerprint density at radius 2 is 2.11 bits per heavy atom. The molecule has 2 N–H and O–H groups in total. The van der Waals surface area contributed by atoms with Gasteiger partial charge in [-0.3, -0.25) is 9.69 Å². The summed E-state index contributed by atoms with van der Waals surface area (Å²) in [6, 6.07) is 7.27. The number of rotatable bonds is 6. The molecule has 2 aliphatic rings. The lowest BCUT2D eigenvalue weighted by Gasteiger charge is -2.41. The molecule has 2 aromatic rings. The molecule has 5 nitrogen and oxygen atoms in total. The average Bonchev–Trinajstić information content (AvgIpc) is 2.99. The van der Waals surface area contributed by atoms with Gasteiger partial charge in [-0.05, 0) is 36.6 Å². The quantitative estimate of drug-likeness (QED) is 0.804. The van der Waals surface area contributed by atoms with Crippen molar-refractivity contribution >= 4 is 17.2 Å². The van der Waals surface area contributed by atoms with Crippen LogP contribution in [0.3, 0.4) is 0 Å². The first-order valence-electron chi connectivity index (χ1n) is 9.79. The molecular weight excluding hydrogens is 356 g/mol. The highest BCUT2D eigenvalue weighted by Gasteiger charge is 2.32. The first-order valence-corrected chi connectivity index (χ1v) is 10.6. The van der Waals surface area contributed by atoms with Gasteiger partial charge in [-0.25, -0.2) is 4.98 Å². The number of amides is 1. The topological polar surface area (TPSA) is 57.3 Å². The summed E-state index contributed by atoms with van der Waals surface area (Å²) >= 11 is 1.83. The van der Waals surface area contributed by atoms with Crippen molar-refractivity contribution in [3.8, 4) is 10.4 Å². The van der Waals surface area contributed by atoms with Gasteiger partial charge in [0.1, 0.15) is 0 Å². The van der Waals surface area contributed by atoms with Gasteiger partial charge >= 0.3 is 0 Å². The molecule has 0 atom stereocenters. The summed E-state index contributed by atoms with van der Waals surface area (Å²) < 4.78 is 0. The number of carbonyl (C=O) groups is 1. The number of hydrogen-bond donors (Lipinski definition) is 2. The zero-order valence-corrected chi connectivity index (χ0v) is 17.1. The molecule has 6 heteroatoms. The van der Waals surface area contributed by atoms with Crippen molar-refractivity contribution in [1.82, 2.24) is 20.5 Å². The maximum atomic E-state index is 11.3. The molecule has 1 aromatic carbocycles. The van der Waals surface area contributed by atoms with Crippen molar-refractivity contribution in [3.05, 3.63) is 40.5 Å². The maximum absolute atomic E-state index is 11.3. The Morgan fingerprint density at radius 3 is 2.74 bits per heavy atom. The Bertz CT molecular complexity index is 821. The number of thiazole rings is 1. The standard InChI is InChI=1S/C21H28N4OS/c1-13(2)25-11-18(12-25)21-24-10-20(27-21)15-4-5-16(9-23-14(3)26)19(6-15)17-7-22-8-17/h4-6,10,13,17-18,22H,7-9,11-12H2,1-3H3,(H,23,26).